The molecule has 0 saturated heterocycles. The maximum atomic E-state index is 11.2. The molecule has 3 heteroatoms. The number of hydrogen-bond acceptors (Lipinski definition) is 3. The summed E-state index contributed by atoms with van der Waals surface area (Å²) in [5.74, 6) is -0.216. The molecule has 0 aliphatic heterocycles. The van der Waals surface area contributed by atoms with Crippen molar-refractivity contribution < 1.29 is 14.3 Å². The Balaban J connectivity index is 3.61. The van der Waals surface area contributed by atoms with Crippen LogP contribution in [0.4, 0.5) is 0 Å². The summed E-state index contributed by atoms with van der Waals surface area (Å²) in [7, 11) is 0. The fraction of sp³-hybridized carbons (Fsp3) is 0.500. The van der Waals surface area contributed by atoms with Crippen LogP contribution in [0, 0.1) is 0 Å². The average Bonchev–Trinajstić information content (AvgIpc) is 2.13. The smallest absolute Gasteiger partial charge is 0.306 e. The van der Waals surface area contributed by atoms with E-state index in [1.165, 1.54) is 6.08 Å². The molecule has 0 aromatic rings. The third-order valence-electron chi connectivity index (χ3n) is 1.62. The molecule has 0 aromatic carbocycles. The van der Waals surface area contributed by atoms with Gasteiger partial charge in [-0.2, -0.15) is 0 Å². The number of carbonyl (C=O) groups is 2. The van der Waals surface area contributed by atoms with Gasteiger partial charge in [0.1, 0.15) is 6.61 Å². The first-order valence-electron chi connectivity index (χ1n) is 5.00. The van der Waals surface area contributed by atoms with E-state index in [9.17, 15) is 9.59 Å². The van der Waals surface area contributed by atoms with Crippen molar-refractivity contribution in [1.82, 2.24) is 0 Å². The molecule has 0 aliphatic rings. The van der Waals surface area contributed by atoms with Gasteiger partial charge in [-0.3, -0.25) is 9.59 Å². The van der Waals surface area contributed by atoms with Crippen LogP contribution in [0.1, 0.15) is 33.1 Å². The quantitative estimate of drug-likeness (QED) is 0.368. The largest absolute Gasteiger partial charge is 0.461 e. The van der Waals surface area contributed by atoms with Crippen LogP contribution >= 0.6 is 0 Å². The van der Waals surface area contributed by atoms with Crippen molar-refractivity contribution in [3.05, 3.63) is 24.3 Å². The number of ether oxygens (including phenoxy) is 1. The summed E-state index contributed by atoms with van der Waals surface area (Å²) < 4.78 is 4.77. The van der Waals surface area contributed by atoms with E-state index in [2.05, 4.69) is 6.58 Å². The zero-order valence-electron chi connectivity index (χ0n) is 9.41. The summed E-state index contributed by atoms with van der Waals surface area (Å²) in [6.45, 7) is 7.41. The standard InChI is InChI=1S/C12H18O3/c1-4-8-15-12(14)7-5-6-11(13)9-10(2)3/h4,9H,1,5-8H2,2-3H3. The third-order valence-corrected chi connectivity index (χ3v) is 1.62. The predicted octanol–water partition coefficient (Wildman–Crippen LogP) is 2.42. The maximum Gasteiger partial charge on any atom is 0.306 e. The van der Waals surface area contributed by atoms with Crippen LogP contribution in [0.25, 0.3) is 0 Å². The van der Waals surface area contributed by atoms with E-state index in [-0.39, 0.29) is 24.8 Å². The van der Waals surface area contributed by atoms with Crippen molar-refractivity contribution in [3.63, 3.8) is 0 Å². The predicted molar refractivity (Wildman–Crippen MR) is 59.4 cm³/mol. The molecule has 0 fully saturated rings. The first-order chi connectivity index (χ1) is 7.06. The number of hydrogen-bond donors (Lipinski definition) is 0. The Hall–Kier alpha value is -1.38. The minimum Gasteiger partial charge on any atom is -0.461 e. The SMILES string of the molecule is C=CCOC(=O)CCCC(=O)C=C(C)C. The van der Waals surface area contributed by atoms with Crippen LogP contribution < -0.4 is 0 Å². The van der Waals surface area contributed by atoms with Crippen molar-refractivity contribution in [2.45, 2.75) is 33.1 Å². The molecule has 0 radical (unpaired) electrons. The van der Waals surface area contributed by atoms with Crippen molar-refractivity contribution in [3.8, 4) is 0 Å². The Kier molecular flexibility index (Phi) is 7.24. The van der Waals surface area contributed by atoms with Crippen molar-refractivity contribution >= 4 is 11.8 Å². The van der Waals surface area contributed by atoms with Crippen LogP contribution in [-0.4, -0.2) is 18.4 Å². The van der Waals surface area contributed by atoms with Gasteiger partial charge in [0.05, 0.1) is 0 Å². The molecule has 15 heavy (non-hydrogen) atoms. The maximum absolute atomic E-state index is 11.2. The van der Waals surface area contributed by atoms with Gasteiger partial charge in [-0.05, 0) is 26.3 Å². The Labute approximate surface area is 90.8 Å². The Morgan fingerprint density at radius 1 is 1.27 bits per heavy atom. The second kappa shape index (κ2) is 7.97. The summed E-state index contributed by atoms with van der Waals surface area (Å²) >= 11 is 0. The lowest BCUT2D eigenvalue weighted by Gasteiger charge is -2.00. The molecule has 0 saturated carbocycles. The first-order valence-corrected chi connectivity index (χ1v) is 5.00. The number of carbonyl (C=O) groups excluding carboxylic acids is 2. The van der Waals surface area contributed by atoms with E-state index >= 15 is 0 Å². The van der Waals surface area contributed by atoms with Crippen LogP contribution in [0.15, 0.2) is 24.3 Å². The van der Waals surface area contributed by atoms with E-state index < -0.39 is 0 Å². The average molecular weight is 210 g/mol. The van der Waals surface area contributed by atoms with Gasteiger partial charge in [0.25, 0.3) is 0 Å². The molecule has 0 spiro atoms. The molecule has 0 unspecified atom stereocenters. The lowest BCUT2D eigenvalue weighted by molar-refractivity contribution is -0.142. The molecule has 0 aromatic heterocycles. The highest BCUT2D eigenvalue weighted by Crippen LogP contribution is 2.01. The minimum absolute atomic E-state index is 0.0616. The Morgan fingerprint density at radius 3 is 2.47 bits per heavy atom. The fourth-order valence-electron chi connectivity index (χ4n) is 1.03. The van der Waals surface area contributed by atoms with E-state index in [0.717, 1.165) is 5.57 Å². The molecule has 0 N–H and O–H groups in total. The zero-order chi connectivity index (χ0) is 11.7. The summed E-state index contributed by atoms with van der Waals surface area (Å²) in [6.07, 6.45) is 4.34. The molecule has 84 valence electrons. The molecule has 0 amide bonds. The van der Waals surface area contributed by atoms with Crippen LogP contribution in [0.5, 0.6) is 0 Å². The van der Waals surface area contributed by atoms with Gasteiger partial charge in [0.2, 0.25) is 0 Å². The van der Waals surface area contributed by atoms with Crippen molar-refractivity contribution in [2.75, 3.05) is 6.61 Å². The second-order valence-corrected chi connectivity index (χ2v) is 3.51. The van der Waals surface area contributed by atoms with Gasteiger partial charge >= 0.3 is 5.97 Å². The lowest BCUT2D eigenvalue weighted by Crippen LogP contribution is -2.05. The van der Waals surface area contributed by atoms with Gasteiger partial charge in [0.15, 0.2) is 5.78 Å². The molecule has 0 heterocycles. The molecule has 3 nitrogen and oxygen atoms in total. The number of allylic oxidation sites excluding steroid dienone is 2. The zero-order valence-corrected chi connectivity index (χ0v) is 9.41. The highest BCUT2D eigenvalue weighted by molar-refractivity contribution is 5.90. The third kappa shape index (κ3) is 8.94. The fourth-order valence-corrected chi connectivity index (χ4v) is 1.03. The highest BCUT2D eigenvalue weighted by atomic mass is 16.5. The van der Waals surface area contributed by atoms with E-state index in [1.54, 1.807) is 6.08 Å². The van der Waals surface area contributed by atoms with Crippen molar-refractivity contribution in [1.29, 1.82) is 0 Å². The van der Waals surface area contributed by atoms with E-state index in [4.69, 9.17) is 4.74 Å². The molecular weight excluding hydrogens is 192 g/mol. The molecule has 0 aliphatic carbocycles. The number of rotatable bonds is 7. The molecular formula is C12H18O3. The summed E-state index contributed by atoms with van der Waals surface area (Å²) in [6, 6.07) is 0. The van der Waals surface area contributed by atoms with Gasteiger partial charge in [0, 0.05) is 12.8 Å². The van der Waals surface area contributed by atoms with Crippen molar-refractivity contribution in [2.24, 2.45) is 0 Å². The summed E-state index contributed by atoms with van der Waals surface area (Å²) in [5, 5.41) is 0. The molecule has 0 atom stereocenters. The molecule has 0 rings (SSSR count). The molecule has 0 bridgehead atoms. The Morgan fingerprint density at radius 2 is 1.93 bits per heavy atom. The highest BCUT2D eigenvalue weighted by Gasteiger charge is 2.03. The second-order valence-electron chi connectivity index (χ2n) is 3.51. The van der Waals surface area contributed by atoms with Crippen LogP contribution in [0.3, 0.4) is 0 Å². The normalized spacial score (nSPS) is 9.20. The van der Waals surface area contributed by atoms with Crippen LogP contribution in [-0.2, 0) is 14.3 Å². The van der Waals surface area contributed by atoms with Crippen LogP contribution in [0.2, 0.25) is 0 Å². The minimum atomic E-state index is -0.278. The number of esters is 1. The lowest BCUT2D eigenvalue weighted by atomic mass is 10.1. The van der Waals surface area contributed by atoms with Gasteiger partial charge in [-0.25, -0.2) is 0 Å². The van der Waals surface area contributed by atoms with Gasteiger partial charge in [-0.1, -0.05) is 18.2 Å². The Bertz CT molecular complexity index is 260. The van der Waals surface area contributed by atoms with E-state index in [0.29, 0.717) is 12.8 Å². The van der Waals surface area contributed by atoms with Gasteiger partial charge < -0.3 is 4.74 Å². The first kappa shape index (κ1) is 13.6. The topological polar surface area (TPSA) is 43.4 Å². The number of ketones is 1. The van der Waals surface area contributed by atoms with Gasteiger partial charge in [-0.15, -0.1) is 0 Å². The summed E-state index contributed by atoms with van der Waals surface area (Å²) in [4.78, 5) is 22.2. The monoisotopic (exact) mass is 210 g/mol. The summed E-state index contributed by atoms with van der Waals surface area (Å²) in [5.41, 5.74) is 0.981. The van der Waals surface area contributed by atoms with E-state index in [1.807, 2.05) is 13.8 Å².